The summed E-state index contributed by atoms with van der Waals surface area (Å²) < 4.78 is 37.2. The van der Waals surface area contributed by atoms with E-state index in [4.69, 9.17) is 9.26 Å². The highest BCUT2D eigenvalue weighted by Crippen LogP contribution is 2.18. The van der Waals surface area contributed by atoms with Gasteiger partial charge in [0.2, 0.25) is 15.9 Å². The zero-order valence-corrected chi connectivity index (χ0v) is 15.1. The third-order valence-corrected chi connectivity index (χ3v) is 6.18. The van der Waals surface area contributed by atoms with E-state index in [1.165, 1.54) is 4.31 Å². The molecule has 25 heavy (non-hydrogen) atoms. The van der Waals surface area contributed by atoms with Gasteiger partial charge in [0, 0.05) is 33.3 Å². The van der Waals surface area contributed by atoms with E-state index in [1.54, 1.807) is 37.4 Å². The van der Waals surface area contributed by atoms with Crippen molar-refractivity contribution >= 4 is 10.0 Å². The minimum Gasteiger partial charge on any atom is -0.374 e. The van der Waals surface area contributed by atoms with Gasteiger partial charge in [0.1, 0.15) is 6.10 Å². The number of piperazine rings is 1. The van der Waals surface area contributed by atoms with E-state index in [1.807, 2.05) is 6.92 Å². The number of hydrogen-bond acceptors (Lipinski definition) is 7. The summed E-state index contributed by atoms with van der Waals surface area (Å²) in [7, 11) is -1.84. The van der Waals surface area contributed by atoms with Crippen LogP contribution in [0, 0.1) is 0 Å². The van der Waals surface area contributed by atoms with Gasteiger partial charge in [0.25, 0.3) is 0 Å². The highest BCUT2D eigenvalue weighted by molar-refractivity contribution is 7.89. The van der Waals surface area contributed by atoms with Crippen LogP contribution in [-0.4, -0.2) is 61.1 Å². The maximum atomic E-state index is 12.6. The Labute approximate surface area is 147 Å². The lowest BCUT2D eigenvalue weighted by atomic mass is 10.3. The van der Waals surface area contributed by atoms with Crippen molar-refractivity contribution < 1.29 is 17.7 Å². The summed E-state index contributed by atoms with van der Waals surface area (Å²) in [6, 6.07) is 8.52. The summed E-state index contributed by atoms with van der Waals surface area (Å²) in [5.41, 5.74) is 0. The van der Waals surface area contributed by atoms with Crippen LogP contribution in [0.4, 0.5) is 0 Å². The molecule has 1 unspecified atom stereocenters. The molecule has 0 amide bonds. The van der Waals surface area contributed by atoms with E-state index in [-0.39, 0.29) is 6.10 Å². The molecule has 1 saturated heterocycles. The van der Waals surface area contributed by atoms with Crippen LogP contribution in [0.15, 0.2) is 39.8 Å². The maximum absolute atomic E-state index is 12.6. The van der Waals surface area contributed by atoms with Gasteiger partial charge in [0.05, 0.1) is 11.4 Å². The van der Waals surface area contributed by atoms with Gasteiger partial charge in [-0.15, -0.1) is 0 Å². The standard InChI is InChI=1S/C16H22N4O4S/c1-13(23-2)16-17-15(24-18-16)12-19-8-10-20(11-9-19)25(21,22)14-6-4-3-5-7-14/h3-7,13H,8-12H2,1-2H3. The average molecular weight is 366 g/mol. The van der Waals surface area contributed by atoms with Crippen molar-refractivity contribution in [3.05, 3.63) is 42.0 Å². The molecule has 136 valence electrons. The third-order valence-electron chi connectivity index (χ3n) is 4.27. The highest BCUT2D eigenvalue weighted by Gasteiger charge is 2.29. The third kappa shape index (κ3) is 4.06. The van der Waals surface area contributed by atoms with Crippen LogP contribution < -0.4 is 0 Å². The lowest BCUT2D eigenvalue weighted by Gasteiger charge is -2.33. The Kier molecular flexibility index (Phi) is 5.48. The van der Waals surface area contributed by atoms with Gasteiger partial charge in [-0.05, 0) is 19.1 Å². The molecule has 8 nitrogen and oxygen atoms in total. The first-order chi connectivity index (χ1) is 12.0. The van der Waals surface area contributed by atoms with Gasteiger partial charge in [-0.2, -0.15) is 9.29 Å². The Hall–Kier alpha value is -1.81. The number of nitrogens with zero attached hydrogens (tertiary/aromatic N) is 4. The normalized spacial score (nSPS) is 18.3. The molecule has 0 N–H and O–H groups in total. The quantitative estimate of drug-likeness (QED) is 0.761. The minimum atomic E-state index is -3.43. The molecular weight excluding hydrogens is 344 g/mol. The van der Waals surface area contributed by atoms with Crippen molar-refractivity contribution in [3.8, 4) is 0 Å². The molecule has 0 spiro atoms. The van der Waals surface area contributed by atoms with Crippen molar-refractivity contribution in [1.29, 1.82) is 0 Å². The van der Waals surface area contributed by atoms with Crippen LogP contribution in [0.3, 0.4) is 0 Å². The second-order valence-electron chi connectivity index (χ2n) is 5.92. The van der Waals surface area contributed by atoms with E-state index in [2.05, 4.69) is 15.0 Å². The molecule has 0 saturated carbocycles. The fraction of sp³-hybridized carbons (Fsp3) is 0.500. The fourth-order valence-corrected chi connectivity index (χ4v) is 4.11. The van der Waals surface area contributed by atoms with E-state index < -0.39 is 10.0 Å². The molecule has 2 heterocycles. The molecule has 0 radical (unpaired) electrons. The Morgan fingerprint density at radius 1 is 1.20 bits per heavy atom. The van der Waals surface area contributed by atoms with Gasteiger partial charge in [0.15, 0.2) is 5.82 Å². The Bertz CT molecular complexity index is 785. The summed E-state index contributed by atoms with van der Waals surface area (Å²) >= 11 is 0. The molecule has 9 heteroatoms. The molecule has 3 rings (SSSR count). The first-order valence-electron chi connectivity index (χ1n) is 8.13. The molecule has 1 aliphatic heterocycles. The van der Waals surface area contributed by atoms with Gasteiger partial charge in [-0.25, -0.2) is 8.42 Å². The second-order valence-corrected chi connectivity index (χ2v) is 7.86. The molecule has 1 aromatic carbocycles. The summed E-state index contributed by atoms with van der Waals surface area (Å²) in [6.07, 6.45) is -0.217. The Balaban J connectivity index is 1.58. The van der Waals surface area contributed by atoms with Crippen LogP contribution in [-0.2, 0) is 21.3 Å². The second kappa shape index (κ2) is 7.61. The van der Waals surface area contributed by atoms with E-state index >= 15 is 0 Å². The summed E-state index contributed by atoms with van der Waals surface area (Å²) in [5, 5.41) is 3.90. The fourth-order valence-electron chi connectivity index (χ4n) is 2.66. The number of hydrogen-bond donors (Lipinski definition) is 0. The molecule has 1 atom stereocenters. The average Bonchev–Trinajstić information content (AvgIpc) is 3.11. The van der Waals surface area contributed by atoms with E-state index in [0.29, 0.717) is 49.3 Å². The van der Waals surface area contributed by atoms with Gasteiger partial charge < -0.3 is 9.26 Å². The number of methoxy groups -OCH3 is 1. The maximum Gasteiger partial charge on any atom is 0.243 e. The lowest BCUT2D eigenvalue weighted by Crippen LogP contribution is -2.48. The molecule has 0 aliphatic carbocycles. The molecular formula is C16H22N4O4S. The zero-order chi connectivity index (χ0) is 17.9. The van der Waals surface area contributed by atoms with Crippen LogP contribution in [0.1, 0.15) is 24.7 Å². The van der Waals surface area contributed by atoms with Crippen molar-refractivity contribution in [1.82, 2.24) is 19.3 Å². The number of rotatable bonds is 6. The van der Waals surface area contributed by atoms with E-state index in [0.717, 1.165) is 0 Å². The van der Waals surface area contributed by atoms with Crippen LogP contribution in [0.25, 0.3) is 0 Å². The molecule has 1 fully saturated rings. The highest BCUT2D eigenvalue weighted by atomic mass is 32.2. The zero-order valence-electron chi connectivity index (χ0n) is 14.3. The largest absolute Gasteiger partial charge is 0.374 e. The predicted octanol–water partition coefficient (Wildman–Crippen LogP) is 1.28. The number of benzene rings is 1. The number of sulfonamides is 1. The molecule has 2 aromatic rings. The van der Waals surface area contributed by atoms with Crippen molar-refractivity contribution in [2.45, 2.75) is 24.5 Å². The minimum absolute atomic E-state index is 0.217. The van der Waals surface area contributed by atoms with Gasteiger partial charge in [-0.3, -0.25) is 4.90 Å². The molecule has 1 aromatic heterocycles. The molecule has 1 aliphatic rings. The topological polar surface area (TPSA) is 88.8 Å². The summed E-state index contributed by atoms with van der Waals surface area (Å²) in [4.78, 5) is 6.75. The van der Waals surface area contributed by atoms with Gasteiger partial charge >= 0.3 is 0 Å². The van der Waals surface area contributed by atoms with E-state index in [9.17, 15) is 8.42 Å². The Morgan fingerprint density at radius 2 is 1.88 bits per heavy atom. The first-order valence-corrected chi connectivity index (χ1v) is 9.57. The molecule has 0 bridgehead atoms. The smallest absolute Gasteiger partial charge is 0.243 e. The predicted molar refractivity (Wildman–Crippen MR) is 90.2 cm³/mol. The van der Waals surface area contributed by atoms with Crippen molar-refractivity contribution in [2.24, 2.45) is 0 Å². The summed E-state index contributed by atoms with van der Waals surface area (Å²) in [5.74, 6) is 1.03. The first kappa shape index (κ1) is 18.0. The van der Waals surface area contributed by atoms with Crippen molar-refractivity contribution in [2.75, 3.05) is 33.3 Å². The van der Waals surface area contributed by atoms with Crippen LogP contribution >= 0.6 is 0 Å². The number of ether oxygens (including phenoxy) is 1. The van der Waals surface area contributed by atoms with Crippen LogP contribution in [0.2, 0.25) is 0 Å². The monoisotopic (exact) mass is 366 g/mol. The van der Waals surface area contributed by atoms with Crippen LogP contribution in [0.5, 0.6) is 0 Å². The summed E-state index contributed by atoms with van der Waals surface area (Å²) in [6.45, 7) is 4.46. The lowest BCUT2D eigenvalue weighted by molar-refractivity contribution is 0.109. The number of aromatic nitrogens is 2. The SMILES string of the molecule is COC(C)c1noc(CN2CCN(S(=O)(=O)c3ccccc3)CC2)n1. The van der Waals surface area contributed by atoms with Gasteiger partial charge in [-0.1, -0.05) is 23.4 Å². The Morgan fingerprint density at radius 3 is 2.52 bits per heavy atom. The van der Waals surface area contributed by atoms with Crippen molar-refractivity contribution in [3.63, 3.8) is 0 Å².